The smallest absolute Gasteiger partial charge is 0.416 e. The Bertz CT molecular complexity index is 621. The Kier molecular flexibility index (Phi) is 4.70. The van der Waals surface area contributed by atoms with Crippen LogP contribution < -0.4 is 0 Å². The number of ether oxygens (including phenoxy) is 1. The Hall–Kier alpha value is -1.76. The van der Waals surface area contributed by atoms with Gasteiger partial charge in [-0.2, -0.15) is 13.2 Å². The van der Waals surface area contributed by atoms with Crippen molar-refractivity contribution in [3.05, 3.63) is 35.4 Å². The summed E-state index contributed by atoms with van der Waals surface area (Å²) < 4.78 is 43.7. The Morgan fingerprint density at radius 3 is 2.32 bits per heavy atom. The van der Waals surface area contributed by atoms with Crippen LogP contribution >= 0.6 is 0 Å². The number of halogens is 3. The standard InChI is InChI=1S/C18H22F3NO3/c1-12(13-2-4-14(5-3-13)18(19,20)21)22-11-10-17(25-16(22)24)8-6-15(23)7-9-17/h2-5,12,15,23H,6-11H2,1H3/t12-,15-,17+/m0/s1. The van der Waals surface area contributed by atoms with Crippen LogP contribution in [0.2, 0.25) is 0 Å². The molecule has 2 fully saturated rings. The maximum Gasteiger partial charge on any atom is 0.416 e. The minimum absolute atomic E-state index is 0.326. The molecule has 1 aromatic carbocycles. The van der Waals surface area contributed by atoms with E-state index in [0.29, 0.717) is 44.2 Å². The van der Waals surface area contributed by atoms with Gasteiger partial charge in [0, 0.05) is 13.0 Å². The molecule has 1 N–H and O–H groups in total. The van der Waals surface area contributed by atoms with Crippen molar-refractivity contribution in [2.75, 3.05) is 6.54 Å². The minimum Gasteiger partial charge on any atom is -0.443 e. The molecule has 25 heavy (non-hydrogen) atoms. The molecule has 1 saturated heterocycles. The zero-order valence-corrected chi connectivity index (χ0v) is 14.1. The summed E-state index contributed by atoms with van der Waals surface area (Å²) in [7, 11) is 0. The number of alkyl halides is 3. The number of hydrogen-bond acceptors (Lipinski definition) is 3. The molecule has 1 amide bonds. The molecule has 0 bridgehead atoms. The number of rotatable bonds is 2. The first-order valence-electron chi connectivity index (χ1n) is 8.55. The quantitative estimate of drug-likeness (QED) is 0.859. The molecule has 1 saturated carbocycles. The van der Waals surface area contributed by atoms with Gasteiger partial charge in [-0.15, -0.1) is 0 Å². The molecule has 1 spiro atoms. The van der Waals surface area contributed by atoms with Gasteiger partial charge < -0.3 is 14.7 Å². The minimum atomic E-state index is -4.37. The van der Waals surface area contributed by atoms with Crippen molar-refractivity contribution in [2.45, 2.75) is 63.0 Å². The summed E-state index contributed by atoms with van der Waals surface area (Å²) >= 11 is 0. The monoisotopic (exact) mass is 357 g/mol. The average molecular weight is 357 g/mol. The van der Waals surface area contributed by atoms with Gasteiger partial charge in [0.05, 0.1) is 17.7 Å². The Morgan fingerprint density at radius 1 is 1.20 bits per heavy atom. The van der Waals surface area contributed by atoms with Crippen molar-refractivity contribution in [3.8, 4) is 0 Å². The molecule has 1 atom stereocenters. The van der Waals surface area contributed by atoms with E-state index in [0.717, 1.165) is 12.1 Å². The number of nitrogens with zero attached hydrogens (tertiary/aromatic N) is 1. The van der Waals surface area contributed by atoms with Crippen molar-refractivity contribution >= 4 is 6.09 Å². The van der Waals surface area contributed by atoms with E-state index >= 15 is 0 Å². The fourth-order valence-corrected chi connectivity index (χ4v) is 3.67. The highest BCUT2D eigenvalue weighted by molar-refractivity contribution is 5.69. The third-order valence-electron chi connectivity index (χ3n) is 5.40. The Labute approximate surface area is 144 Å². The van der Waals surface area contributed by atoms with Gasteiger partial charge in [-0.1, -0.05) is 12.1 Å². The summed E-state index contributed by atoms with van der Waals surface area (Å²) in [4.78, 5) is 14.0. The second kappa shape index (κ2) is 6.52. The highest BCUT2D eigenvalue weighted by Gasteiger charge is 2.44. The molecule has 7 heteroatoms. The third kappa shape index (κ3) is 3.76. The SMILES string of the molecule is C[C@@H](c1ccc(C(F)(F)F)cc1)N1CC[C@]2(CC[C@H](O)CC2)OC1=O. The van der Waals surface area contributed by atoms with Crippen LogP contribution in [0.1, 0.15) is 56.2 Å². The molecule has 1 aromatic rings. The summed E-state index contributed by atoms with van der Waals surface area (Å²) in [6, 6.07) is 4.52. The predicted molar refractivity (Wildman–Crippen MR) is 84.9 cm³/mol. The van der Waals surface area contributed by atoms with Crippen LogP contribution in [-0.4, -0.2) is 34.3 Å². The summed E-state index contributed by atoms with van der Waals surface area (Å²) in [5.74, 6) is 0. The molecular weight excluding hydrogens is 335 g/mol. The van der Waals surface area contributed by atoms with Gasteiger partial charge >= 0.3 is 12.3 Å². The largest absolute Gasteiger partial charge is 0.443 e. The van der Waals surface area contributed by atoms with Gasteiger partial charge in [0.15, 0.2) is 0 Å². The summed E-state index contributed by atoms with van der Waals surface area (Å²) in [5.41, 5.74) is -0.559. The van der Waals surface area contributed by atoms with Crippen LogP contribution in [0.3, 0.4) is 0 Å². The molecule has 3 rings (SSSR count). The second-order valence-corrected chi connectivity index (χ2v) is 7.02. The highest BCUT2D eigenvalue weighted by Crippen LogP contribution is 2.40. The lowest BCUT2D eigenvalue weighted by molar-refractivity contribution is -0.137. The zero-order chi connectivity index (χ0) is 18.2. The third-order valence-corrected chi connectivity index (χ3v) is 5.40. The van der Waals surface area contributed by atoms with E-state index in [1.165, 1.54) is 12.1 Å². The normalized spacial score (nSPS) is 28.8. The lowest BCUT2D eigenvalue weighted by Crippen LogP contribution is -2.52. The topological polar surface area (TPSA) is 49.8 Å². The fourth-order valence-electron chi connectivity index (χ4n) is 3.67. The Balaban J connectivity index is 1.67. The molecule has 2 aliphatic rings. The van der Waals surface area contributed by atoms with Crippen LogP contribution in [0.25, 0.3) is 0 Å². The fraction of sp³-hybridized carbons (Fsp3) is 0.611. The van der Waals surface area contributed by atoms with E-state index in [4.69, 9.17) is 4.74 Å². The number of hydrogen-bond donors (Lipinski definition) is 1. The molecule has 1 aliphatic heterocycles. The van der Waals surface area contributed by atoms with Crippen molar-refractivity contribution in [1.29, 1.82) is 0 Å². The maximum absolute atomic E-state index is 12.7. The van der Waals surface area contributed by atoms with E-state index in [1.54, 1.807) is 11.8 Å². The molecule has 0 aromatic heterocycles. The number of aliphatic hydroxyl groups excluding tert-OH is 1. The first-order chi connectivity index (χ1) is 11.7. The number of amides is 1. The van der Waals surface area contributed by atoms with E-state index < -0.39 is 23.4 Å². The molecule has 4 nitrogen and oxygen atoms in total. The van der Waals surface area contributed by atoms with Gasteiger partial charge in [0.25, 0.3) is 0 Å². The van der Waals surface area contributed by atoms with Crippen LogP contribution in [0.4, 0.5) is 18.0 Å². The predicted octanol–water partition coefficient (Wildman–Crippen LogP) is 4.28. The van der Waals surface area contributed by atoms with Crippen LogP contribution in [0.15, 0.2) is 24.3 Å². The second-order valence-electron chi connectivity index (χ2n) is 7.02. The van der Waals surface area contributed by atoms with Gasteiger partial charge in [-0.05, 0) is 50.3 Å². The van der Waals surface area contributed by atoms with Gasteiger partial charge in [-0.3, -0.25) is 0 Å². The molecule has 0 radical (unpaired) electrons. The molecule has 0 unspecified atom stereocenters. The summed E-state index contributed by atoms with van der Waals surface area (Å²) in [5, 5.41) is 9.63. The first-order valence-corrected chi connectivity index (χ1v) is 8.55. The van der Waals surface area contributed by atoms with Gasteiger partial charge in [0.1, 0.15) is 5.60 Å². The lowest BCUT2D eigenvalue weighted by atomic mass is 9.80. The molecule has 1 heterocycles. The summed E-state index contributed by atoms with van der Waals surface area (Å²) in [6.07, 6.45) is -1.89. The maximum atomic E-state index is 12.7. The Morgan fingerprint density at radius 2 is 1.80 bits per heavy atom. The number of aliphatic hydroxyl groups is 1. The van der Waals surface area contributed by atoms with Crippen LogP contribution in [0, 0.1) is 0 Å². The van der Waals surface area contributed by atoms with Crippen LogP contribution in [-0.2, 0) is 10.9 Å². The summed E-state index contributed by atoms with van der Waals surface area (Å²) in [6.45, 7) is 2.28. The molecular formula is C18H22F3NO3. The van der Waals surface area contributed by atoms with Crippen molar-refractivity contribution < 1.29 is 27.8 Å². The molecule has 1 aliphatic carbocycles. The van der Waals surface area contributed by atoms with Crippen LogP contribution in [0.5, 0.6) is 0 Å². The van der Waals surface area contributed by atoms with Crippen molar-refractivity contribution in [1.82, 2.24) is 4.90 Å². The van der Waals surface area contributed by atoms with E-state index in [1.807, 2.05) is 0 Å². The van der Waals surface area contributed by atoms with Gasteiger partial charge in [0.2, 0.25) is 0 Å². The first kappa shape index (κ1) is 18.0. The lowest BCUT2D eigenvalue weighted by Gasteiger charge is -2.45. The number of carbonyl (C=O) groups excluding carboxylic acids is 1. The zero-order valence-electron chi connectivity index (χ0n) is 14.1. The molecule has 138 valence electrons. The highest BCUT2D eigenvalue weighted by atomic mass is 19.4. The van der Waals surface area contributed by atoms with Crippen molar-refractivity contribution in [3.63, 3.8) is 0 Å². The number of carbonyl (C=O) groups is 1. The van der Waals surface area contributed by atoms with Gasteiger partial charge in [-0.25, -0.2) is 4.79 Å². The van der Waals surface area contributed by atoms with E-state index in [9.17, 15) is 23.1 Å². The van der Waals surface area contributed by atoms with Crippen molar-refractivity contribution in [2.24, 2.45) is 0 Å². The average Bonchev–Trinajstić information content (AvgIpc) is 2.57. The van der Waals surface area contributed by atoms with E-state index in [-0.39, 0.29) is 12.1 Å². The number of benzene rings is 1. The van der Waals surface area contributed by atoms with E-state index in [2.05, 4.69) is 0 Å².